The number of likely N-dealkylation sites (tertiary alicyclic amines) is 1. The summed E-state index contributed by atoms with van der Waals surface area (Å²) in [6.45, 7) is 5.69. The van der Waals surface area contributed by atoms with Crippen LogP contribution in [0.25, 0.3) is 12.2 Å². The van der Waals surface area contributed by atoms with Crippen LogP contribution in [0.3, 0.4) is 0 Å². The molecule has 0 aliphatic carbocycles. The number of nitrogens with zero attached hydrogens (tertiary/aromatic N) is 1. The maximum atomic E-state index is 13.0. The predicted molar refractivity (Wildman–Crippen MR) is 110 cm³/mol. The summed E-state index contributed by atoms with van der Waals surface area (Å²) in [5.74, 6) is 0.169. The van der Waals surface area contributed by atoms with Gasteiger partial charge in [0.2, 0.25) is 0 Å². The van der Waals surface area contributed by atoms with Gasteiger partial charge in [-0.05, 0) is 54.3 Å². The van der Waals surface area contributed by atoms with Gasteiger partial charge >= 0.3 is 0 Å². The molecule has 2 nitrogen and oxygen atoms in total. The maximum absolute atomic E-state index is 13.0. The van der Waals surface area contributed by atoms with Crippen molar-refractivity contribution >= 4 is 17.9 Å². The number of hydrogen-bond acceptors (Lipinski definition) is 2. The molecular formula is C24H27NO. The van der Waals surface area contributed by atoms with Gasteiger partial charge in [0.05, 0.1) is 0 Å². The Balaban J connectivity index is 1.86. The van der Waals surface area contributed by atoms with Gasteiger partial charge in [-0.25, -0.2) is 0 Å². The lowest BCUT2D eigenvalue weighted by Crippen LogP contribution is -2.34. The first kappa shape index (κ1) is 18.3. The largest absolute Gasteiger partial charge is 0.298 e. The molecule has 26 heavy (non-hydrogen) atoms. The minimum absolute atomic E-state index is 0.169. The number of carbonyl (C=O) groups is 1. The first-order chi connectivity index (χ1) is 12.6. The van der Waals surface area contributed by atoms with Crippen molar-refractivity contribution in [2.75, 3.05) is 20.1 Å². The van der Waals surface area contributed by atoms with Crippen molar-refractivity contribution in [3.05, 3.63) is 81.9 Å². The Hall–Kier alpha value is -2.45. The van der Waals surface area contributed by atoms with Gasteiger partial charge in [-0.3, -0.25) is 9.69 Å². The van der Waals surface area contributed by atoms with Crippen LogP contribution in [0, 0.1) is 0 Å². The number of rotatable bonds is 4. The summed E-state index contributed by atoms with van der Waals surface area (Å²) in [4.78, 5) is 15.2. The second-order valence-corrected chi connectivity index (χ2v) is 7.03. The lowest BCUT2D eigenvalue weighted by atomic mass is 9.94. The summed E-state index contributed by atoms with van der Waals surface area (Å²) < 4.78 is 0. The highest BCUT2D eigenvalue weighted by Crippen LogP contribution is 2.21. The van der Waals surface area contributed by atoms with Gasteiger partial charge in [-0.2, -0.15) is 0 Å². The van der Waals surface area contributed by atoms with E-state index in [0.29, 0.717) is 13.1 Å². The van der Waals surface area contributed by atoms with Gasteiger partial charge < -0.3 is 0 Å². The van der Waals surface area contributed by atoms with Crippen molar-refractivity contribution in [1.29, 1.82) is 0 Å². The number of Topliss-reactive ketones (excluding diaryl/α,β-unsaturated/α-hetero) is 1. The van der Waals surface area contributed by atoms with Crippen molar-refractivity contribution in [3.63, 3.8) is 0 Å². The van der Waals surface area contributed by atoms with E-state index in [4.69, 9.17) is 0 Å². The Morgan fingerprint density at radius 2 is 1.15 bits per heavy atom. The van der Waals surface area contributed by atoms with E-state index in [9.17, 15) is 4.79 Å². The summed E-state index contributed by atoms with van der Waals surface area (Å²) in [5, 5.41) is 0. The van der Waals surface area contributed by atoms with Crippen molar-refractivity contribution in [2.24, 2.45) is 0 Å². The molecule has 0 amide bonds. The maximum Gasteiger partial charge on any atom is 0.187 e. The second-order valence-electron chi connectivity index (χ2n) is 7.03. The molecule has 2 aromatic carbocycles. The molecule has 1 fully saturated rings. The van der Waals surface area contributed by atoms with E-state index < -0.39 is 0 Å². The van der Waals surface area contributed by atoms with Gasteiger partial charge in [0, 0.05) is 24.2 Å². The Labute approximate surface area is 156 Å². The molecule has 0 bridgehead atoms. The molecule has 0 spiro atoms. The quantitative estimate of drug-likeness (QED) is 0.742. The molecule has 3 rings (SSSR count). The minimum atomic E-state index is 0.169. The van der Waals surface area contributed by atoms with Crippen LogP contribution in [-0.2, 0) is 17.6 Å². The molecule has 2 heteroatoms. The molecule has 1 heterocycles. The standard InChI is InChI=1S/C24H27NO/c1-4-18-6-10-20(11-7-18)14-22-16-25(3)17-23(24(22)26)15-21-12-8-19(5-2)9-13-21/h6-15H,4-5,16-17H2,1-3H3/b22-14+,23-15+. The molecule has 1 aliphatic heterocycles. The summed E-state index contributed by atoms with van der Waals surface area (Å²) in [6.07, 6.45) is 6.13. The third kappa shape index (κ3) is 4.39. The van der Waals surface area contributed by atoms with Crippen molar-refractivity contribution < 1.29 is 4.79 Å². The molecular weight excluding hydrogens is 318 g/mol. The Kier molecular flexibility index (Phi) is 5.85. The Morgan fingerprint density at radius 3 is 1.50 bits per heavy atom. The monoisotopic (exact) mass is 345 g/mol. The summed E-state index contributed by atoms with van der Waals surface area (Å²) >= 11 is 0. The van der Waals surface area contributed by atoms with Crippen LogP contribution >= 0.6 is 0 Å². The van der Waals surface area contributed by atoms with E-state index >= 15 is 0 Å². The van der Waals surface area contributed by atoms with Crippen molar-refractivity contribution in [3.8, 4) is 0 Å². The first-order valence-corrected chi connectivity index (χ1v) is 9.41. The van der Waals surface area contributed by atoms with Crippen molar-refractivity contribution in [2.45, 2.75) is 26.7 Å². The fourth-order valence-electron chi connectivity index (χ4n) is 3.31. The molecule has 1 aliphatic rings. The van der Waals surface area contributed by atoms with Crippen LogP contribution in [0.15, 0.2) is 59.7 Å². The molecule has 0 saturated carbocycles. The number of hydrogen-bond donors (Lipinski definition) is 0. The highest BCUT2D eigenvalue weighted by molar-refractivity contribution is 6.14. The van der Waals surface area contributed by atoms with Crippen LogP contribution in [0.5, 0.6) is 0 Å². The second kappa shape index (κ2) is 8.29. The zero-order valence-electron chi connectivity index (χ0n) is 16.0. The van der Waals surface area contributed by atoms with E-state index in [1.54, 1.807) is 0 Å². The Morgan fingerprint density at radius 1 is 0.769 bits per heavy atom. The SMILES string of the molecule is CCc1ccc(/C=C2\CN(C)C/C(=C\c3ccc(CC)cc3)C2=O)cc1. The molecule has 2 aromatic rings. The number of ketones is 1. The molecule has 0 atom stereocenters. The lowest BCUT2D eigenvalue weighted by molar-refractivity contribution is -0.113. The van der Waals surface area contributed by atoms with E-state index in [2.05, 4.69) is 74.3 Å². The Bertz CT molecular complexity index is 756. The van der Waals surface area contributed by atoms with E-state index in [1.165, 1.54) is 11.1 Å². The zero-order chi connectivity index (χ0) is 18.5. The van der Waals surface area contributed by atoms with Gasteiger partial charge in [-0.15, -0.1) is 0 Å². The predicted octanol–water partition coefficient (Wildman–Crippen LogP) is 4.79. The number of piperidine rings is 1. The number of benzene rings is 2. The molecule has 0 aromatic heterocycles. The van der Waals surface area contributed by atoms with Gasteiger partial charge in [0.25, 0.3) is 0 Å². The first-order valence-electron chi connectivity index (χ1n) is 9.41. The molecule has 0 N–H and O–H groups in total. The minimum Gasteiger partial charge on any atom is -0.298 e. The zero-order valence-corrected chi connectivity index (χ0v) is 16.0. The molecule has 0 radical (unpaired) electrons. The fraction of sp³-hybridized carbons (Fsp3) is 0.292. The molecule has 0 unspecified atom stereocenters. The van der Waals surface area contributed by atoms with Gasteiger partial charge in [0.15, 0.2) is 5.78 Å². The van der Waals surface area contributed by atoms with E-state index in [-0.39, 0.29) is 5.78 Å². The normalized spacial score (nSPS) is 18.7. The third-order valence-corrected chi connectivity index (χ3v) is 4.92. The molecule has 134 valence electrons. The summed E-state index contributed by atoms with van der Waals surface area (Å²) in [5.41, 5.74) is 6.53. The van der Waals surface area contributed by atoms with Crippen LogP contribution < -0.4 is 0 Å². The van der Waals surface area contributed by atoms with Crippen LogP contribution in [0.2, 0.25) is 0 Å². The van der Waals surface area contributed by atoms with Gasteiger partial charge in [0.1, 0.15) is 0 Å². The summed E-state index contributed by atoms with van der Waals surface area (Å²) in [6, 6.07) is 16.9. The van der Waals surface area contributed by atoms with E-state index in [0.717, 1.165) is 35.1 Å². The highest BCUT2D eigenvalue weighted by atomic mass is 16.1. The van der Waals surface area contributed by atoms with Crippen LogP contribution in [0.4, 0.5) is 0 Å². The lowest BCUT2D eigenvalue weighted by Gasteiger charge is -2.26. The average molecular weight is 345 g/mol. The van der Waals surface area contributed by atoms with Crippen LogP contribution in [-0.4, -0.2) is 30.8 Å². The third-order valence-electron chi connectivity index (χ3n) is 4.92. The van der Waals surface area contributed by atoms with E-state index in [1.807, 2.05) is 12.2 Å². The fourth-order valence-corrected chi connectivity index (χ4v) is 3.31. The smallest absolute Gasteiger partial charge is 0.187 e. The topological polar surface area (TPSA) is 20.3 Å². The van der Waals surface area contributed by atoms with Crippen LogP contribution in [0.1, 0.15) is 36.1 Å². The van der Waals surface area contributed by atoms with Gasteiger partial charge in [-0.1, -0.05) is 62.4 Å². The number of likely N-dealkylation sites (N-methyl/N-ethyl adjacent to an activating group) is 1. The summed E-state index contributed by atoms with van der Waals surface area (Å²) in [7, 11) is 2.06. The average Bonchev–Trinajstić information content (AvgIpc) is 2.66. The number of aryl methyl sites for hydroxylation is 2. The molecule has 1 saturated heterocycles. The van der Waals surface area contributed by atoms with Crippen molar-refractivity contribution in [1.82, 2.24) is 4.90 Å². The highest BCUT2D eigenvalue weighted by Gasteiger charge is 2.23. The number of carbonyl (C=O) groups excluding carboxylic acids is 1.